The van der Waals surface area contributed by atoms with Gasteiger partial charge >= 0.3 is 0 Å². The van der Waals surface area contributed by atoms with Crippen LogP contribution >= 0.6 is 11.6 Å². The number of rotatable bonds is 6. The second-order valence-corrected chi connectivity index (χ2v) is 6.28. The van der Waals surface area contributed by atoms with E-state index in [1.54, 1.807) is 6.07 Å². The monoisotopic (exact) mass is 364 g/mol. The first kappa shape index (κ1) is 17.4. The minimum atomic E-state index is -0.960. The molecule has 1 N–H and O–H groups in total. The van der Waals surface area contributed by atoms with Crippen LogP contribution < -0.4 is 10.1 Å². The lowest BCUT2D eigenvalue weighted by atomic mass is 10.0. The van der Waals surface area contributed by atoms with Crippen molar-refractivity contribution in [3.8, 4) is 5.75 Å². The molecule has 1 atom stereocenters. The van der Waals surface area contributed by atoms with Crippen LogP contribution in [0.2, 0.25) is 0 Å². The number of nitrogens with zero attached hydrogens (tertiary/aromatic N) is 1. The average molecular weight is 365 g/mol. The van der Waals surface area contributed by atoms with Crippen LogP contribution in [0, 0.1) is 0 Å². The molecule has 1 fully saturated rings. The number of benzene rings is 1. The second kappa shape index (κ2) is 7.23. The summed E-state index contributed by atoms with van der Waals surface area (Å²) in [6.07, 6.45) is 1.85. The van der Waals surface area contributed by atoms with Crippen molar-refractivity contribution >= 4 is 35.2 Å². The van der Waals surface area contributed by atoms with Gasteiger partial charge in [-0.15, -0.1) is 11.6 Å². The van der Waals surface area contributed by atoms with Crippen LogP contribution in [0.15, 0.2) is 18.2 Å². The molecule has 0 spiro atoms. The van der Waals surface area contributed by atoms with Gasteiger partial charge in [0.1, 0.15) is 11.8 Å². The molecule has 0 aliphatic carbocycles. The molecule has 2 heterocycles. The first-order valence-corrected chi connectivity index (χ1v) is 8.61. The van der Waals surface area contributed by atoms with E-state index in [2.05, 4.69) is 5.32 Å². The van der Waals surface area contributed by atoms with E-state index in [1.165, 1.54) is 12.1 Å². The van der Waals surface area contributed by atoms with Gasteiger partial charge in [0.15, 0.2) is 0 Å². The molecule has 25 heavy (non-hydrogen) atoms. The zero-order valence-corrected chi connectivity index (χ0v) is 14.2. The van der Waals surface area contributed by atoms with E-state index in [1.807, 2.05) is 0 Å². The van der Waals surface area contributed by atoms with Gasteiger partial charge in [0.05, 0.1) is 17.7 Å². The van der Waals surface area contributed by atoms with Crippen molar-refractivity contribution in [1.82, 2.24) is 10.2 Å². The first-order chi connectivity index (χ1) is 12.0. The Morgan fingerprint density at radius 2 is 1.88 bits per heavy atom. The number of nitrogens with one attached hydrogen (secondary N) is 1. The summed E-state index contributed by atoms with van der Waals surface area (Å²) < 4.78 is 5.57. The largest absolute Gasteiger partial charge is 0.494 e. The summed E-state index contributed by atoms with van der Waals surface area (Å²) in [6.45, 7) is 0.463. The van der Waals surface area contributed by atoms with Crippen LogP contribution in [0.1, 0.15) is 46.4 Å². The topological polar surface area (TPSA) is 92.8 Å². The lowest BCUT2D eigenvalue weighted by molar-refractivity contribution is -0.136. The Kier molecular flexibility index (Phi) is 5.03. The average Bonchev–Trinajstić information content (AvgIpc) is 2.83. The Morgan fingerprint density at radius 1 is 1.12 bits per heavy atom. The van der Waals surface area contributed by atoms with Gasteiger partial charge in [0.2, 0.25) is 11.8 Å². The highest BCUT2D eigenvalue weighted by molar-refractivity contribution is 6.23. The van der Waals surface area contributed by atoms with E-state index in [9.17, 15) is 19.2 Å². The molecule has 132 valence electrons. The molecule has 1 saturated heterocycles. The molecule has 1 aromatic carbocycles. The number of hydrogen-bond acceptors (Lipinski definition) is 5. The summed E-state index contributed by atoms with van der Waals surface area (Å²) >= 11 is 5.61. The molecule has 0 aromatic heterocycles. The molecule has 2 aliphatic heterocycles. The number of hydrogen-bond donors (Lipinski definition) is 1. The SMILES string of the molecule is O=C1CCC(N2C(=O)c3ccc(OCCCCCl)cc3C2=O)C(=O)N1. The smallest absolute Gasteiger partial charge is 0.262 e. The van der Waals surface area contributed by atoms with Crippen molar-refractivity contribution in [1.29, 1.82) is 0 Å². The number of amides is 4. The molecule has 7 nitrogen and oxygen atoms in total. The number of imide groups is 2. The first-order valence-electron chi connectivity index (χ1n) is 8.07. The fourth-order valence-corrected chi connectivity index (χ4v) is 3.12. The third kappa shape index (κ3) is 3.37. The van der Waals surface area contributed by atoms with Crippen molar-refractivity contribution in [3.63, 3.8) is 0 Å². The van der Waals surface area contributed by atoms with Gasteiger partial charge in [-0.25, -0.2) is 0 Å². The molecule has 0 radical (unpaired) electrons. The van der Waals surface area contributed by atoms with Gasteiger partial charge in [-0.05, 0) is 37.5 Å². The Hall–Kier alpha value is -2.41. The number of piperidine rings is 1. The van der Waals surface area contributed by atoms with Crippen molar-refractivity contribution in [3.05, 3.63) is 29.3 Å². The highest BCUT2D eigenvalue weighted by Crippen LogP contribution is 2.30. The van der Waals surface area contributed by atoms with Crippen LogP contribution in [0.3, 0.4) is 0 Å². The van der Waals surface area contributed by atoms with E-state index in [-0.39, 0.29) is 24.0 Å². The van der Waals surface area contributed by atoms with E-state index < -0.39 is 29.7 Å². The molecule has 0 bridgehead atoms. The third-order valence-corrected chi connectivity index (χ3v) is 4.48. The fraction of sp³-hybridized carbons (Fsp3) is 0.412. The predicted octanol–water partition coefficient (Wildman–Crippen LogP) is 1.49. The van der Waals surface area contributed by atoms with Crippen molar-refractivity contribution in [2.75, 3.05) is 12.5 Å². The number of halogens is 1. The molecule has 0 saturated carbocycles. The molecule has 1 unspecified atom stereocenters. The number of fused-ring (bicyclic) bond motifs is 1. The zero-order valence-electron chi connectivity index (χ0n) is 13.4. The van der Waals surface area contributed by atoms with Crippen LogP contribution in [0.25, 0.3) is 0 Å². The summed E-state index contributed by atoms with van der Waals surface area (Å²) in [5.74, 6) is -1.04. The highest BCUT2D eigenvalue weighted by Gasteiger charge is 2.44. The molecule has 1 aromatic rings. The van der Waals surface area contributed by atoms with Crippen LogP contribution in [-0.4, -0.2) is 47.1 Å². The maximum atomic E-state index is 12.6. The second-order valence-electron chi connectivity index (χ2n) is 5.90. The Balaban J connectivity index is 1.77. The van der Waals surface area contributed by atoms with Crippen LogP contribution in [-0.2, 0) is 9.59 Å². The third-order valence-electron chi connectivity index (χ3n) is 4.21. The fourth-order valence-electron chi connectivity index (χ4n) is 2.93. The Labute approximate surface area is 149 Å². The van der Waals surface area contributed by atoms with Gasteiger partial charge < -0.3 is 4.74 Å². The maximum absolute atomic E-state index is 12.6. The van der Waals surface area contributed by atoms with Crippen molar-refractivity contribution < 1.29 is 23.9 Å². The van der Waals surface area contributed by atoms with E-state index in [4.69, 9.17) is 16.3 Å². The van der Waals surface area contributed by atoms with E-state index in [0.717, 1.165) is 17.7 Å². The quantitative estimate of drug-likeness (QED) is 0.469. The van der Waals surface area contributed by atoms with E-state index in [0.29, 0.717) is 18.2 Å². The normalized spacial score (nSPS) is 19.9. The summed E-state index contributed by atoms with van der Waals surface area (Å²) in [7, 11) is 0. The zero-order chi connectivity index (χ0) is 18.0. The van der Waals surface area contributed by atoms with Crippen molar-refractivity contribution in [2.45, 2.75) is 31.7 Å². The molecular weight excluding hydrogens is 348 g/mol. The van der Waals surface area contributed by atoms with Gasteiger partial charge in [0, 0.05) is 12.3 Å². The lowest BCUT2D eigenvalue weighted by Crippen LogP contribution is -2.54. The van der Waals surface area contributed by atoms with Gasteiger partial charge in [-0.3, -0.25) is 29.4 Å². The standard InChI is InChI=1S/C17H17ClN2O5/c18-7-1-2-8-25-10-3-4-11-12(9-10)17(24)20(16(11)23)13-5-6-14(21)19-15(13)22/h3-4,9,13H,1-2,5-8H2,(H,19,21,22). The van der Waals surface area contributed by atoms with Gasteiger partial charge in [-0.2, -0.15) is 0 Å². The number of carbonyl (C=O) groups excluding carboxylic acids is 4. The number of carbonyl (C=O) groups is 4. The Bertz CT molecular complexity index is 749. The molecule has 3 rings (SSSR count). The minimum Gasteiger partial charge on any atom is -0.494 e. The van der Waals surface area contributed by atoms with E-state index >= 15 is 0 Å². The summed E-state index contributed by atoms with van der Waals surface area (Å²) in [4.78, 5) is 49.3. The summed E-state index contributed by atoms with van der Waals surface area (Å²) in [5, 5.41) is 2.17. The van der Waals surface area contributed by atoms with Crippen molar-refractivity contribution in [2.24, 2.45) is 0 Å². The lowest BCUT2D eigenvalue weighted by Gasteiger charge is -2.27. The predicted molar refractivity (Wildman–Crippen MR) is 88.6 cm³/mol. The van der Waals surface area contributed by atoms with Gasteiger partial charge in [0.25, 0.3) is 11.8 Å². The van der Waals surface area contributed by atoms with Crippen LogP contribution in [0.5, 0.6) is 5.75 Å². The Morgan fingerprint density at radius 3 is 2.60 bits per heavy atom. The summed E-state index contributed by atoms with van der Waals surface area (Å²) in [6, 6.07) is 3.71. The number of ether oxygens (including phenoxy) is 1. The molecule has 2 aliphatic rings. The molecule has 8 heteroatoms. The molecule has 4 amide bonds. The highest BCUT2D eigenvalue weighted by atomic mass is 35.5. The maximum Gasteiger partial charge on any atom is 0.262 e. The number of alkyl halides is 1. The van der Waals surface area contributed by atoms with Crippen LogP contribution in [0.4, 0.5) is 0 Å². The minimum absolute atomic E-state index is 0.0960. The van der Waals surface area contributed by atoms with Gasteiger partial charge in [-0.1, -0.05) is 0 Å². The number of unbranched alkanes of at least 4 members (excludes halogenated alkanes) is 1. The molecular formula is C17H17ClN2O5. The summed E-state index contributed by atoms with van der Waals surface area (Å²) in [5.41, 5.74) is 0.451.